The van der Waals surface area contributed by atoms with Gasteiger partial charge in [-0.3, -0.25) is 9.59 Å². The van der Waals surface area contributed by atoms with Crippen molar-refractivity contribution < 1.29 is 53.4 Å². The van der Waals surface area contributed by atoms with E-state index in [2.05, 4.69) is 0 Å². The lowest BCUT2D eigenvalue weighted by molar-refractivity contribution is -0.308. The van der Waals surface area contributed by atoms with Crippen molar-refractivity contribution in [1.29, 1.82) is 0 Å². The number of ether oxygens (including phenoxy) is 3. The summed E-state index contributed by atoms with van der Waals surface area (Å²) in [6, 6.07) is 0. The van der Waals surface area contributed by atoms with Crippen LogP contribution in [0, 0.1) is 40.9 Å². The number of carboxylic acid groups (broad SMARTS) is 1. The van der Waals surface area contributed by atoms with Crippen molar-refractivity contribution in [2.45, 2.75) is 108 Å². The Labute approximate surface area is 227 Å². The molecule has 1 heterocycles. The van der Waals surface area contributed by atoms with Crippen molar-refractivity contribution in [3.8, 4) is 0 Å². The number of Topliss-reactive ketones (excluding diaryl/α,β-unsaturated/α-hetero) is 1. The average Bonchev–Trinajstić information content (AvgIpc) is 3.23. The van der Waals surface area contributed by atoms with E-state index in [1.807, 2.05) is 6.92 Å². The van der Waals surface area contributed by atoms with Gasteiger partial charge in [0.25, 0.3) is 0 Å². The highest BCUT2D eigenvalue weighted by Gasteiger charge is 2.62. The number of alkyl halides is 1. The van der Waals surface area contributed by atoms with Gasteiger partial charge in [0.05, 0.1) is 6.10 Å². The first-order chi connectivity index (χ1) is 18.4. The van der Waals surface area contributed by atoms with Gasteiger partial charge in [0.2, 0.25) is 0 Å². The van der Waals surface area contributed by atoms with Gasteiger partial charge in [-0.2, -0.15) is 0 Å². The summed E-state index contributed by atoms with van der Waals surface area (Å²) in [4.78, 5) is 35.5. The van der Waals surface area contributed by atoms with Gasteiger partial charge in [-0.1, -0.05) is 6.92 Å². The third-order valence-corrected chi connectivity index (χ3v) is 10.8. The van der Waals surface area contributed by atoms with Gasteiger partial charge in [0, 0.05) is 12.8 Å². The van der Waals surface area contributed by atoms with Gasteiger partial charge >= 0.3 is 11.9 Å². The summed E-state index contributed by atoms with van der Waals surface area (Å²) in [5, 5.41) is 39.7. The van der Waals surface area contributed by atoms with Gasteiger partial charge in [-0.05, 0) is 86.4 Å². The predicted molar refractivity (Wildman–Crippen MR) is 132 cm³/mol. The van der Waals surface area contributed by atoms with E-state index in [-0.39, 0.29) is 54.0 Å². The van der Waals surface area contributed by atoms with Crippen LogP contribution in [-0.2, 0) is 28.6 Å². The van der Waals surface area contributed by atoms with Crippen molar-refractivity contribution in [3.05, 3.63) is 0 Å². The van der Waals surface area contributed by atoms with Crippen LogP contribution in [0.4, 0.5) is 4.39 Å². The lowest BCUT2D eigenvalue weighted by atomic mass is 9.49. The maximum Gasteiger partial charge on any atom is 0.335 e. The molecule has 0 radical (unpaired) electrons. The SMILES string of the molecule is CC(=O)OCC(=O)[C@H]1CC[C@H]2[C@@H]3CC[C@H]4C[C@@H](OC5O[C@H](C(=O)O)[C@@H](O)[C@@H](O)[C@H]5O)CC[C@@H]4[C@H]3[C@H](F)C[C@]12C. The highest BCUT2D eigenvalue weighted by atomic mass is 19.1. The Hall–Kier alpha value is -1.66. The summed E-state index contributed by atoms with van der Waals surface area (Å²) in [5.41, 5.74) is -0.439. The lowest BCUT2D eigenvalue weighted by Gasteiger charge is -2.57. The van der Waals surface area contributed by atoms with Gasteiger partial charge in [-0.15, -0.1) is 0 Å². The third-order valence-electron chi connectivity index (χ3n) is 10.8. The number of esters is 1. The number of ketones is 1. The number of hydrogen-bond acceptors (Lipinski definition) is 9. The van der Waals surface area contributed by atoms with Crippen molar-refractivity contribution in [3.63, 3.8) is 0 Å². The minimum absolute atomic E-state index is 0.0880. The first-order valence-corrected chi connectivity index (χ1v) is 14.3. The maximum atomic E-state index is 16.1. The molecule has 10 nitrogen and oxygen atoms in total. The number of aliphatic hydroxyl groups is 3. The molecule has 4 aliphatic carbocycles. The molecule has 39 heavy (non-hydrogen) atoms. The van der Waals surface area contributed by atoms with Crippen molar-refractivity contribution in [1.82, 2.24) is 0 Å². The average molecular weight is 557 g/mol. The molecular weight excluding hydrogens is 515 g/mol. The highest BCUT2D eigenvalue weighted by molar-refractivity contribution is 5.85. The predicted octanol–water partition coefficient (Wildman–Crippen LogP) is 1.61. The molecule has 5 aliphatic rings. The van der Waals surface area contributed by atoms with Crippen LogP contribution in [0.15, 0.2) is 0 Å². The number of hydrogen-bond donors (Lipinski definition) is 4. The van der Waals surface area contributed by atoms with Gasteiger partial charge in [-0.25, -0.2) is 9.18 Å². The second-order valence-electron chi connectivity index (χ2n) is 12.8. The number of fused-ring (bicyclic) bond motifs is 5. The van der Waals surface area contributed by atoms with Gasteiger partial charge < -0.3 is 34.6 Å². The van der Waals surface area contributed by atoms with Crippen molar-refractivity contribution in [2.75, 3.05) is 6.61 Å². The van der Waals surface area contributed by atoms with Crippen LogP contribution in [0.3, 0.4) is 0 Å². The molecule has 1 aliphatic heterocycles. The Morgan fingerprint density at radius 1 is 0.974 bits per heavy atom. The molecule has 1 unspecified atom stereocenters. The molecule has 0 aromatic heterocycles. The fourth-order valence-corrected chi connectivity index (χ4v) is 9.10. The molecule has 14 atom stereocenters. The Morgan fingerprint density at radius 3 is 2.38 bits per heavy atom. The van der Waals surface area contributed by atoms with Crippen LogP contribution in [0.1, 0.15) is 65.2 Å². The van der Waals surface area contributed by atoms with Crippen LogP contribution < -0.4 is 0 Å². The van der Waals surface area contributed by atoms with E-state index in [1.54, 1.807) is 0 Å². The van der Waals surface area contributed by atoms with E-state index in [9.17, 15) is 34.8 Å². The zero-order valence-corrected chi connectivity index (χ0v) is 22.5. The Bertz CT molecular complexity index is 961. The van der Waals surface area contributed by atoms with Crippen LogP contribution in [0.2, 0.25) is 0 Å². The molecule has 5 fully saturated rings. The lowest BCUT2D eigenvalue weighted by Crippen LogP contribution is -2.61. The molecule has 0 aromatic rings. The van der Waals surface area contributed by atoms with E-state index < -0.39 is 54.2 Å². The number of carbonyl (C=O) groups is 3. The van der Waals surface area contributed by atoms with Crippen molar-refractivity contribution in [2.24, 2.45) is 40.9 Å². The molecule has 0 bridgehead atoms. The Morgan fingerprint density at radius 2 is 1.69 bits per heavy atom. The van der Waals surface area contributed by atoms with E-state index in [0.29, 0.717) is 25.7 Å². The summed E-state index contributed by atoms with van der Waals surface area (Å²) in [5.74, 6) is -1.61. The molecule has 0 aromatic carbocycles. The highest BCUT2D eigenvalue weighted by Crippen LogP contribution is 2.65. The second kappa shape index (κ2) is 11.0. The Kier molecular flexibility index (Phi) is 8.11. The molecule has 4 saturated carbocycles. The zero-order valence-electron chi connectivity index (χ0n) is 22.5. The number of aliphatic carboxylic acids is 1. The van der Waals surface area contributed by atoms with Crippen LogP contribution >= 0.6 is 0 Å². The molecular formula is C28H41FO10. The quantitative estimate of drug-likeness (QED) is 0.280. The van der Waals surface area contributed by atoms with E-state index in [1.165, 1.54) is 6.92 Å². The number of aliphatic hydroxyl groups excluding tert-OH is 3. The number of carbonyl (C=O) groups excluding carboxylic acids is 2. The number of rotatable bonds is 6. The van der Waals surface area contributed by atoms with Crippen LogP contribution in [0.25, 0.3) is 0 Å². The fraction of sp³-hybridized carbons (Fsp3) is 0.893. The largest absolute Gasteiger partial charge is 0.479 e. The van der Waals surface area contributed by atoms with E-state index >= 15 is 4.39 Å². The smallest absolute Gasteiger partial charge is 0.335 e. The Balaban J connectivity index is 1.23. The summed E-state index contributed by atoms with van der Waals surface area (Å²) >= 11 is 0. The van der Waals surface area contributed by atoms with Crippen molar-refractivity contribution >= 4 is 17.7 Å². The van der Waals surface area contributed by atoms with Gasteiger partial charge in [0.1, 0.15) is 31.1 Å². The molecule has 0 amide bonds. The summed E-state index contributed by atoms with van der Waals surface area (Å²) < 4.78 is 32.3. The normalized spacial score (nSPS) is 49.3. The summed E-state index contributed by atoms with van der Waals surface area (Å²) in [6.07, 6.45) is -3.94. The summed E-state index contributed by atoms with van der Waals surface area (Å²) in [7, 11) is 0. The molecule has 220 valence electrons. The van der Waals surface area contributed by atoms with Crippen LogP contribution in [-0.4, -0.2) is 87.7 Å². The van der Waals surface area contributed by atoms with E-state index in [4.69, 9.17) is 14.2 Å². The second-order valence-corrected chi connectivity index (χ2v) is 12.8. The van der Waals surface area contributed by atoms with Gasteiger partial charge in [0.15, 0.2) is 18.2 Å². The number of carboxylic acids is 1. The first-order valence-electron chi connectivity index (χ1n) is 14.3. The zero-order chi connectivity index (χ0) is 28.2. The fourth-order valence-electron chi connectivity index (χ4n) is 9.10. The van der Waals surface area contributed by atoms with Crippen LogP contribution in [0.5, 0.6) is 0 Å². The monoisotopic (exact) mass is 556 g/mol. The first kappa shape index (κ1) is 28.9. The standard InChI is InChI=1S/C28H41FO10/c1-12(30)37-11-20(31)18-8-7-17-16-5-3-13-9-14(4-6-15(13)21(16)19(29)10-28(17,18)2)38-27-24(34)22(32)23(33)25(39-27)26(35)36/h13-19,21-25,27,32-34H,3-11H2,1-2H3,(H,35,36)/t13-,14-,15-,16-,17-,18+,19+,21+,22+,23-,24+,25-,27?,28-/m0/s1. The molecule has 1 saturated heterocycles. The number of halogens is 1. The molecule has 5 rings (SSSR count). The summed E-state index contributed by atoms with van der Waals surface area (Å²) in [6.45, 7) is 3.08. The molecule has 4 N–H and O–H groups in total. The molecule has 11 heteroatoms. The molecule has 0 spiro atoms. The minimum Gasteiger partial charge on any atom is -0.479 e. The third kappa shape index (κ3) is 5.14. The topological polar surface area (TPSA) is 160 Å². The minimum atomic E-state index is -1.77. The van der Waals surface area contributed by atoms with E-state index in [0.717, 1.165) is 25.7 Å². The maximum absolute atomic E-state index is 16.1.